The van der Waals surface area contributed by atoms with Gasteiger partial charge in [0.15, 0.2) is 0 Å². The predicted molar refractivity (Wildman–Crippen MR) is 153 cm³/mol. The minimum atomic E-state index is -1.28. The van der Waals surface area contributed by atoms with Crippen LogP contribution in [0.15, 0.2) is 79.4 Å². The fraction of sp³-hybridized carbons (Fsp3) is 0.433. The maximum absolute atomic E-state index is 10.4. The third-order valence-corrected chi connectivity index (χ3v) is 7.36. The molecule has 5 rings (SSSR count). The van der Waals surface area contributed by atoms with Gasteiger partial charge in [-0.3, -0.25) is 24.8 Å². The molecule has 12 heteroatoms. The fourth-order valence-corrected chi connectivity index (χ4v) is 5.07. The summed E-state index contributed by atoms with van der Waals surface area (Å²) in [4.78, 5) is 18.2. The second kappa shape index (κ2) is 14.5. The SMILES string of the molecule is CC1O[C@H](Cn2cc(CN(CCN(Cc3ccccn3)Cc3ccccn3)Cc3ccccn3)nn2)[C@H](O)[C@H](O)[C@H]1O. The normalized spacial score (nSPS) is 22.6. The fourth-order valence-electron chi connectivity index (χ4n) is 5.07. The number of rotatable bonds is 13. The number of hydrogen-bond donors (Lipinski definition) is 3. The lowest BCUT2D eigenvalue weighted by Gasteiger charge is -2.39. The van der Waals surface area contributed by atoms with Crippen molar-refractivity contribution in [1.29, 1.82) is 0 Å². The van der Waals surface area contributed by atoms with E-state index in [9.17, 15) is 15.3 Å². The van der Waals surface area contributed by atoms with Gasteiger partial charge in [-0.25, -0.2) is 4.68 Å². The monoisotopic (exact) mass is 574 g/mol. The van der Waals surface area contributed by atoms with Gasteiger partial charge >= 0.3 is 0 Å². The first-order valence-corrected chi connectivity index (χ1v) is 14.2. The summed E-state index contributed by atoms with van der Waals surface area (Å²) >= 11 is 0. The molecule has 0 saturated carbocycles. The van der Waals surface area contributed by atoms with E-state index in [0.29, 0.717) is 26.2 Å². The molecular weight excluding hydrogens is 536 g/mol. The van der Waals surface area contributed by atoms with Crippen molar-refractivity contribution >= 4 is 0 Å². The van der Waals surface area contributed by atoms with E-state index in [1.807, 2.05) is 73.2 Å². The molecule has 1 fully saturated rings. The molecule has 3 N–H and O–H groups in total. The Labute approximate surface area is 245 Å². The van der Waals surface area contributed by atoms with Crippen molar-refractivity contribution in [2.75, 3.05) is 13.1 Å². The molecule has 0 amide bonds. The number of aliphatic hydroxyl groups is 3. The van der Waals surface area contributed by atoms with Crippen LogP contribution in [0.25, 0.3) is 0 Å². The van der Waals surface area contributed by atoms with Gasteiger partial charge in [0.2, 0.25) is 0 Å². The first kappa shape index (κ1) is 29.8. The van der Waals surface area contributed by atoms with Crippen LogP contribution in [0.5, 0.6) is 0 Å². The Hall–Kier alpha value is -3.65. The Bertz CT molecular complexity index is 1310. The predicted octanol–water partition coefficient (Wildman–Crippen LogP) is 1.04. The summed E-state index contributed by atoms with van der Waals surface area (Å²) in [5.74, 6) is 0. The Kier molecular flexibility index (Phi) is 10.3. The van der Waals surface area contributed by atoms with Gasteiger partial charge in [0.25, 0.3) is 0 Å². The van der Waals surface area contributed by atoms with E-state index >= 15 is 0 Å². The van der Waals surface area contributed by atoms with Crippen LogP contribution in [0.4, 0.5) is 0 Å². The van der Waals surface area contributed by atoms with E-state index in [4.69, 9.17) is 4.74 Å². The van der Waals surface area contributed by atoms with Gasteiger partial charge in [-0.05, 0) is 43.3 Å². The average Bonchev–Trinajstić information content (AvgIpc) is 3.45. The standard InChI is InChI=1S/C30H38N8O4/c1-22-28(39)30(41)29(40)27(42-22)21-38-20-26(34-35-38)19-37(18-25-10-4-7-13-33-25)15-14-36(16-23-8-2-5-11-31-23)17-24-9-3-6-12-32-24/h2-13,20,22,27-30,39-41H,14-19,21H2,1H3/t22?,27-,28+,29+,30-/m1/s1. The maximum Gasteiger partial charge on any atom is 0.111 e. The number of nitrogens with zero attached hydrogens (tertiary/aromatic N) is 8. The zero-order valence-corrected chi connectivity index (χ0v) is 23.7. The lowest BCUT2D eigenvalue weighted by Crippen LogP contribution is -2.57. The molecular formula is C30H38N8O4. The highest BCUT2D eigenvalue weighted by molar-refractivity contribution is 5.07. The van der Waals surface area contributed by atoms with Crippen molar-refractivity contribution in [2.45, 2.75) is 70.2 Å². The average molecular weight is 575 g/mol. The van der Waals surface area contributed by atoms with Gasteiger partial charge < -0.3 is 20.1 Å². The molecule has 222 valence electrons. The van der Waals surface area contributed by atoms with Crippen LogP contribution in [-0.4, -0.2) is 98.7 Å². The van der Waals surface area contributed by atoms with Crippen LogP contribution >= 0.6 is 0 Å². The summed E-state index contributed by atoms with van der Waals surface area (Å²) in [6, 6.07) is 17.8. The van der Waals surface area contributed by atoms with Crippen LogP contribution in [0.2, 0.25) is 0 Å². The number of aliphatic hydroxyl groups excluding tert-OH is 3. The van der Waals surface area contributed by atoms with Crippen LogP contribution in [0, 0.1) is 0 Å². The van der Waals surface area contributed by atoms with E-state index < -0.39 is 30.5 Å². The van der Waals surface area contributed by atoms with Crippen molar-refractivity contribution in [3.8, 4) is 0 Å². The summed E-state index contributed by atoms with van der Waals surface area (Å²) in [5.41, 5.74) is 3.69. The Morgan fingerprint density at radius 3 is 1.67 bits per heavy atom. The quantitative estimate of drug-likeness (QED) is 0.211. The van der Waals surface area contributed by atoms with Crippen molar-refractivity contribution in [1.82, 2.24) is 39.7 Å². The summed E-state index contributed by atoms with van der Waals surface area (Å²) in [6.45, 7) is 5.89. The van der Waals surface area contributed by atoms with Gasteiger partial charge in [-0.15, -0.1) is 5.10 Å². The molecule has 1 unspecified atom stereocenters. The summed E-state index contributed by atoms with van der Waals surface area (Å²) in [7, 11) is 0. The van der Waals surface area contributed by atoms with Crippen molar-refractivity contribution in [2.24, 2.45) is 0 Å². The smallest absolute Gasteiger partial charge is 0.111 e. The minimum Gasteiger partial charge on any atom is -0.388 e. The Balaban J connectivity index is 1.27. The molecule has 5 heterocycles. The first-order valence-electron chi connectivity index (χ1n) is 14.2. The minimum absolute atomic E-state index is 0.199. The van der Waals surface area contributed by atoms with Crippen LogP contribution in [0.1, 0.15) is 29.7 Å². The van der Waals surface area contributed by atoms with E-state index in [0.717, 1.165) is 35.9 Å². The lowest BCUT2D eigenvalue weighted by molar-refractivity contribution is -0.220. The van der Waals surface area contributed by atoms with Crippen molar-refractivity contribution < 1.29 is 20.1 Å². The summed E-state index contributed by atoms with van der Waals surface area (Å²) in [6.07, 6.45) is 2.26. The second-order valence-electron chi connectivity index (χ2n) is 10.7. The molecule has 5 atom stereocenters. The van der Waals surface area contributed by atoms with Crippen molar-refractivity contribution in [3.63, 3.8) is 0 Å². The molecule has 0 spiro atoms. The highest BCUT2D eigenvalue weighted by atomic mass is 16.5. The summed E-state index contributed by atoms with van der Waals surface area (Å²) < 4.78 is 7.34. The van der Waals surface area contributed by atoms with E-state index in [1.54, 1.807) is 17.8 Å². The molecule has 1 aliphatic rings. The zero-order valence-electron chi connectivity index (χ0n) is 23.7. The van der Waals surface area contributed by atoms with Crippen LogP contribution in [0.3, 0.4) is 0 Å². The second-order valence-corrected chi connectivity index (χ2v) is 10.7. The largest absolute Gasteiger partial charge is 0.388 e. The number of ether oxygens (including phenoxy) is 1. The van der Waals surface area contributed by atoms with Gasteiger partial charge in [0, 0.05) is 64.1 Å². The zero-order chi connectivity index (χ0) is 29.3. The molecule has 0 aliphatic carbocycles. The molecule has 0 bridgehead atoms. The number of hydrogen-bond acceptors (Lipinski definition) is 11. The lowest BCUT2D eigenvalue weighted by atomic mass is 9.96. The summed E-state index contributed by atoms with van der Waals surface area (Å²) in [5, 5.41) is 39.2. The Morgan fingerprint density at radius 1 is 0.690 bits per heavy atom. The number of aromatic nitrogens is 6. The highest BCUT2D eigenvalue weighted by Crippen LogP contribution is 2.22. The molecule has 12 nitrogen and oxygen atoms in total. The van der Waals surface area contributed by atoms with Crippen LogP contribution < -0.4 is 0 Å². The van der Waals surface area contributed by atoms with E-state index in [1.165, 1.54) is 0 Å². The van der Waals surface area contributed by atoms with E-state index in [-0.39, 0.29) is 6.54 Å². The highest BCUT2D eigenvalue weighted by Gasteiger charge is 2.41. The van der Waals surface area contributed by atoms with Crippen LogP contribution in [-0.2, 0) is 37.5 Å². The molecule has 1 aliphatic heterocycles. The third kappa shape index (κ3) is 8.22. The molecule has 4 aromatic heterocycles. The topological polar surface area (TPSA) is 146 Å². The van der Waals surface area contributed by atoms with Gasteiger partial charge in [-0.1, -0.05) is 23.4 Å². The van der Waals surface area contributed by atoms with Gasteiger partial charge in [-0.2, -0.15) is 0 Å². The maximum atomic E-state index is 10.4. The third-order valence-electron chi connectivity index (χ3n) is 7.36. The molecule has 1 saturated heterocycles. The van der Waals surface area contributed by atoms with Crippen molar-refractivity contribution in [3.05, 3.63) is 102 Å². The molecule has 42 heavy (non-hydrogen) atoms. The molecule has 0 radical (unpaired) electrons. The number of pyridine rings is 3. The van der Waals surface area contributed by atoms with Gasteiger partial charge in [0.1, 0.15) is 24.4 Å². The van der Waals surface area contributed by atoms with E-state index in [2.05, 4.69) is 35.1 Å². The van der Waals surface area contributed by atoms with Gasteiger partial charge in [0.05, 0.1) is 35.4 Å². The Morgan fingerprint density at radius 2 is 1.19 bits per heavy atom. The first-order chi connectivity index (χ1) is 20.4. The molecule has 4 aromatic rings. The molecule has 0 aromatic carbocycles.